The van der Waals surface area contributed by atoms with Gasteiger partial charge in [0.1, 0.15) is 0 Å². The fourth-order valence-corrected chi connectivity index (χ4v) is 5.12. The van der Waals surface area contributed by atoms with Gasteiger partial charge < -0.3 is 20.0 Å². The molecule has 2 aliphatic heterocycles. The van der Waals surface area contributed by atoms with Crippen LogP contribution in [0.5, 0.6) is 0 Å². The zero-order valence-corrected chi connectivity index (χ0v) is 18.5. The maximum atomic E-state index is 12.6. The Kier molecular flexibility index (Phi) is 6.67. The highest BCUT2D eigenvalue weighted by atomic mass is 32.1. The molecule has 158 valence electrons. The van der Waals surface area contributed by atoms with E-state index in [-0.39, 0.29) is 5.91 Å². The smallest absolute Gasteiger partial charge is 0.251 e. The number of piperazine rings is 1. The summed E-state index contributed by atoms with van der Waals surface area (Å²) in [6.07, 6.45) is 3.46. The number of carbonyl (C=O) groups is 1. The van der Waals surface area contributed by atoms with Crippen molar-refractivity contribution in [3.05, 3.63) is 23.8 Å². The zero-order chi connectivity index (χ0) is 20.2. The van der Waals surface area contributed by atoms with Gasteiger partial charge in [0.25, 0.3) is 5.91 Å². The van der Waals surface area contributed by atoms with Crippen LogP contribution in [0.4, 0.5) is 5.13 Å². The number of aromatic nitrogens is 1. The van der Waals surface area contributed by atoms with Gasteiger partial charge in [0, 0.05) is 51.4 Å². The van der Waals surface area contributed by atoms with E-state index in [0.29, 0.717) is 0 Å². The predicted octanol–water partition coefficient (Wildman–Crippen LogP) is 2.90. The maximum absolute atomic E-state index is 12.6. The minimum atomic E-state index is 0.0204. The van der Waals surface area contributed by atoms with Crippen LogP contribution in [0.2, 0.25) is 0 Å². The normalized spacial score (nSPS) is 19.7. The van der Waals surface area contributed by atoms with Crippen molar-refractivity contribution in [1.82, 2.24) is 20.1 Å². The van der Waals surface area contributed by atoms with Crippen molar-refractivity contribution in [3.8, 4) is 0 Å². The van der Waals surface area contributed by atoms with Gasteiger partial charge in [0.15, 0.2) is 5.13 Å². The summed E-state index contributed by atoms with van der Waals surface area (Å²) in [6.45, 7) is 10.8. The highest BCUT2D eigenvalue weighted by Crippen LogP contribution is 2.32. The second kappa shape index (κ2) is 9.41. The third kappa shape index (κ3) is 5.27. The number of piperidine rings is 1. The molecular weight excluding hydrogens is 382 g/mol. The van der Waals surface area contributed by atoms with Gasteiger partial charge in [0.2, 0.25) is 0 Å². The SMILES string of the molecule is CC1CCN(c2nc3ccc(C(=O)NCCCN4CCN(C)CC4)cc3s2)CC1. The largest absolute Gasteiger partial charge is 0.352 e. The molecule has 0 spiro atoms. The summed E-state index contributed by atoms with van der Waals surface area (Å²) in [4.78, 5) is 24.6. The molecular formula is C22H33N5OS. The van der Waals surface area contributed by atoms with Crippen molar-refractivity contribution in [2.45, 2.75) is 26.2 Å². The number of nitrogens with one attached hydrogen (secondary N) is 1. The molecule has 0 aliphatic carbocycles. The van der Waals surface area contributed by atoms with E-state index in [9.17, 15) is 4.79 Å². The molecule has 0 bridgehead atoms. The first kappa shape index (κ1) is 20.6. The number of hydrogen-bond acceptors (Lipinski definition) is 6. The molecule has 0 atom stereocenters. The molecule has 0 radical (unpaired) electrons. The maximum Gasteiger partial charge on any atom is 0.251 e. The van der Waals surface area contributed by atoms with Crippen LogP contribution in [0.3, 0.4) is 0 Å². The first-order valence-corrected chi connectivity index (χ1v) is 11.7. The molecule has 2 fully saturated rings. The number of hydrogen-bond donors (Lipinski definition) is 1. The van der Waals surface area contributed by atoms with Gasteiger partial charge in [0.05, 0.1) is 10.2 Å². The molecule has 2 aromatic rings. The topological polar surface area (TPSA) is 51.7 Å². The second-order valence-electron chi connectivity index (χ2n) is 8.60. The number of rotatable bonds is 6. The number of thiazole rings is 1. The summed E-state index contributed by atoms with van der Waals surface area (Å²) < 4.78 is 1.10. The summed E-state index contributed by atoms with van der Waals surface area (Å²) in [6, 6.07) is 5.89. The molecule has 2 saturated heterocycles. The number of fused-ring (bicyclic) bond motifs is 1. The molecule has 2 aliphatic rings. The zero-order valence-electron chi connectivity index (χ0n) is 17.7. The Labute approximate surface area is 177 Å². The monoisotopic (exact) mass is 415 g/mol. The van der Waals surface area contributed by atoms with Crippen LogP contribution < -0.4 is 10.2 Å². The third-order valence-electron chi connectivity index (χ3n) is 6.23. The molecule has 1 aromatic carbocycles. The molecule has 1 aromatic heterocycles. The Balaban J connectivity index is 1.28. The quantitative estimate of drug-likeness (QED) is 0.736. The van der Waals surface area contributed by atoms with Crippen molar-refractivity contribution in [3.63, 3.8) is 0 Å². The lowest BCUT2D eigenvalue weighted by Gasteiger charge is -2.32. The average molecular weight is 416 g/mol. The highest BCUT2D eigenvalue weighted by Gasteiger charge is 2.19. The van der Waals surface area contributed by atoms with Crippen molar-refractivity contribution in [2.24, 2.45) is 5.92 Å². The van der Waals surface area contributed by atoms with Crippen molar-refractivity contribution in [1.29, 1.82) is 0 Å². The van der Waals surface area contributed by atoms with Gasteiger partial charge >= 0.3 is 0 Å². The Morgan fingerprint density at radius 3 is 2.69 bits per heavy atom. The molecule has 4 rings (SSSR count). The number of benzene rings is 1. The Morgan fingerprint density at radius 2 is 1.93 bits per heavy atom. The predicted molar refractivity (Wildman–Crippen MR) is 121 cm³/mol. The van der Waals surface area contributed by atoms with E-state index in [4.69, 9.17) is 4.98 Å². The Hall–Kier alpha value is -1.70. The number of nitrogens with zero attached hydrogens (tertiary/aromatic N) is 4. The minimum absolute atomic E-state index is 0.0204. The van der Waals surface area contributed by atoms with Crippen LogP contribution in [0.15, 0.2) is 18.2 Å². The van der Waals surface area contributed by atoms with Gasteiger partial charge in [-0.1, -0.05) is 18.3 Å². The first-order chi connectivity index (χ1) is 14.1. The van der Waals surface area contributed by atoms with Crippen LogP contribution in [0, 0.1) is 5.92 Å². The summed E-state index contributed by atoms with van der Waals surface area (Å²) >= 11 is 1.71. The molecule has 7 heteroatoms. The number of amides is 1. The van der Waals surface area contributed by atoms with Crippen molar-refractivity contribution < 1.29 is 4.79 Å². The molecule has 6 nitrogen and oxygen atoms in total. The number of carbonyl (C=O) groups excluding carboxylic acids is 1. The number of anilines is 1. The first-order valence-electron chi connectivity index (χ1n) is 10.9. The number of likely N-dealkylation sites (N-methyl/N-ethyl adjacent to an activating group) is 1. The van der Waals surface area contributed by atoms with E-state index in [1.807, 2.05) is 18.2 Å². The van der Waals surface area contributed by atoms with Crippen LogP contribution in [0.25, 0.3) is 10.2 Å². The van der Waals surface area contributed by atoms with E-state index in [2.05, 4.69) is 34.0 Å². The highest BCUT2D eigenvalue weighted by molar-refractivity contribution is 7.22. The lowest BCUT2D eigenvalue weighted by atomic mass is 10.00. The molecule has 0 saturated carbocycles. The van der Waals surface area contributed by atoms with E-state index >= 15 is 0 Å². The fourth-order valence-electron chi connectivity index (χ4n) is 4.07. The van der Waals surface area contributed by atoms with E-state index in [1.165, 1.54) is 12.8 Å². The van der Waals surface area contributed by atoms with Crippen molar-refractivity contribution in [2.75, 3.05) is 64.3 Å². The lowest BCUT2D eigenvalue weighted by molar-refractivity contribution is 0.0949. The minimum Gasteiger partial charge on any atom is -0.352 e. The van der Waals surface area contributed by atoms with Crippen LogP contribution in [-0.2, 0) is 0 Å². The van der Waals surface area contributed by atoms with Gasteiger partial charge in [-0.25, -0.2) is 4.98 Å². The van der Waals surface area contributed by atoms with Gasteiger partial charge in [-0.05, 0) is 57.0 Å². The Morgan fingerprint density at radius 1 is 1.17 bits per heavy atom. The van der Waals surface area contributed by atoms with E-state index in [0.717, 1.165) is 85.6 Å². The summed E-state index contributed by atoms with van der Waals surface area (Å²) in [5.74, 6) is 0.833. The lowest BCUT2D eigenvalue weighted by Crippen LogP contribution is -2.45. The third-order valence-corrected chi connectivity index (χ3v) is 7.31. The standard InChI is InChI=1S/C22H33N5OS/c1-17-6-10-27(11-7-17)22-24-19-5-4-18(16-20(19)29-22)21(28)23-8-3-9-26-14-12-25(2)13-15-26/h4-5,16-17H,3,6-15H2,1-2H3,(H,23,28). The molecule has 3 heterocycles. The van der Waals surface area contributed by atoms with Gasteiger partial charge in [-0.3, -0.25) is 4.79 Å². The Bertz CT molecular complexity index is 822. The average Bonchev–Trinajstić information content (AvgIpc) is 3.16. The molecule has 29 heavy (non-hydrogen) atoms. The van der Waals surface area contributed by atoms with Gasteiger partial charge in [-0.2, -0.15) is 0 Å². The van der Waals surface area contributed by atoms with Crippen molar-refractivity contribution >= 4 is 32.6 Å². The molecule has 0 unspecified atom stereocenters. The summed E-state index contributed by atoms with van der Waals surface area (Å²) in [5, 5.41) is 4.18. The van der Waals surface area contributed by atoms with Gasteiger partial charge in [-0.15, -0.1) is 0 Å². The summed E-state index contributed by atoms with van der Waals surface area (Å²) in [5.41, 5.74) is 1.73. The summed E-state index contributed by atoms with van der Waals surface area (Å²) in [7, 11) is 2.17. The molecule has 1 N–H and O–H groups in total. The second-order valence-corrected chi connectivity index (χ2v) is 9.61. The van der Waals surface area contributed by atoms with Crippen LogP contribution in [-0.4, -0.2) is 80.1 Å². The van der Waals surface area contributed by atoms with E-state index < -0.39 is 0 Å². The van der Waals surface area contributed by atoms with Crippen LogP contribution in [0.1, 0.15) is 36.5 Å². The fraction of sp³-hybridized carbons (Fsp3) is 0.636. The van der Waals surface area contributed by atoms with Crippen LogP contribution >= 0.6 is 11.3 Å². The molecule has 1 amide bonds. The van der Waals surface area contributed by atoms with E-state index in [1.54, 1.807) is 11.3 Å².